The van der Waals surface area contributed by atoms with Crippen LogP contribution in [0.1, 0.15) is 6.42 Å². The summed E-state index contributed by atoms with van der Waals surface area (Å²) < 4.78 is 5.28. The lowest BCUT2D eigenvalue weighted by Gasteiger charge is -2.20. The third-order valence-electron chi connectivity index (χ3n) is 2.76. The molecule has 0 spiro atoms. The van der Waals surface area contributed by atoms with Gasteiger partial charge in [-0.05, 0) is 6.42 Å². The molecule has 2 heterocycles. The average molecular weight is 213 g/mol. The number of ether oxygens (including phenoxy) is 1. The SMILES string of the molecule is O=[N+]([O-])/C=C1/NCCN1CC1CCOC1. The van der Waals surface area contributed by atoms with Crippen LogP contribution in [0, 0.1) is 16.0 Å². The van der Waals surface area contributed by atoms with E-state index < -0.39 is 4.92 Å². The van der Waals surface area contributed by atoms with Gasteiger partial charge in [-0.1, -0.05) is 0 Å². The zero-order valence-corrected chi connectivity index (χ0v) is 8.52. The molecule has 1 unspecified atom stereocenters. The van der Waals surface area contributed by atoms with E-state index in [1.165, 1.54) is 0 Å². The van der Waals surface area contributed by atoms with Crippen molar-refractivity contribution in [3.8, 4) is 0 Å². The smallest absolute Gasteiger partial charge is 0.274 e. The predicted octanol–water partition coefficient (Wildman–Crippen LogP) is 0.00370. The summed E-state index contributed by atoms with van der Waals surface area (Å²) in [6, 6.07) is 0. The number of hydrogen-bond donors (Lipinski definition) is 1. The van der Waals surface area contributed by atoms with Crippen molar-refractivity contribution in [3.63, 3.8) is 0 Å². The number of nitro groups is 1. The Bertz CT molecular complexity index is 274. The number of rotatable bonds is 3. The first-order valence-electron chi connectivity index (χ1n) is 5.17. The van der Waals surface area contributed by atoms with Crippen LogP contribution in [0.5, 0.6) is 0 Å². The van der Waals surface area contributed by atoms with Crippen LogP contribution < -0.4 is 5.32 Å². The van der Waals surface area contributed by atoms with Crippen LogP contribution in [-0.2, 0) is 4.74 Å². The molecule has 0 aliphatic carbocycles. The van der Waals surface area contributed by atoms with E-state index in [2.05, 4.69) is 5.32 Å². The molecule has 6 heteroatoms. The molecule has 2 rings (SSSR count). The zero-order chi connectivity index (χ0) is 10.7. The molecule has 0 aromatic heterocycles. The van der Waals surface area contributed by atoms with Gasteiger partial charge in [-0.15, -0.1) is 0 Å². The molecule has 2 aliphatic rings. The van der Waals surface area contributed by atoms with Crippen molar-refractivity contribution in [2.75, 3.05) is 32.8 Å². The summed E-state index contributed by atoms with van der Waals surface area (Å²) in [6.45, 7) is 4.08. The van der Waals surface area contributed by atoms with E-state index in [4.69, 9.17) is 4.74 Å². The Morgan fingerprint density at radius 1 is 1.73 bits per heavy atom. The molecule has 2 fully saturated rings. The minimum Gasteiger partial charge on any atom is -0.381 e. The van der Waals surface area contributed by atoms with E-state index in [0.29, 0.717) is 11.7 Å². The topological polar surface area (TPSA) is 67.6 Å². The van der Waals surface area contributed by atoms with Gasteiger partial charge in [0.15, 0.2) is 5.82 Å². The van der Waals surface area contributed by atoms with Crippen molar-refractivity contribution in [2.45, 2.75) is 6.42 Å². The van der Waals surface area contributed by atoms with Gasteiger partial charge < -0.3 is 15.0 Å². The maximum atomic E-state index is 10.4. The second-order valence-corrected chi connectivity index (χ2v) is 3.90. The Hall–Kier alpha value is -1.30. The molecule has 1 atom stereocenters. The second-order valence-electron chi connectivity index (χ2n) is 3.90. The summed E-state index contributed by atoms with van der Waals surface area (Å²) in [6.07, 6.45) is 2.10. The van der Waals surface area contributed by atoms with Crippen LogP contribution in [0.15, 0.2) is 12.0 Å². The van der Waals surface area contributed by atoms with Gasteiger partial charge >= 0.3 is 0 Å². The maximum Gasteiger partial charge on any atom is 0.274 e. The normalized spacial score (nSPS) is 28.4. The molecule has 0 radical (unpaired) electrons. The summed E-state index contributed by atoms with van der Waals surface area (Å²) in [5, 5.41) is 13.4. The van der Waals surface area contributed by atoms with E-state index >= 15 is 0 Å². The molecular formula is C9H15N3O3. The molecule has 0 aromatic rings. The molecule has 0 aromatic carbocycles. The highest BCUT2D eigenvalue weighted by Crippen LogP contribution is 2.17. The first kappa shape index (κ1) is 10.2. The highest BCUT2D eigenvalue weighted by Gasteiger charge is 2.24. The summed E-state index contributed by atoms with van der Waals surface area (Å²) in [4.78, 5) is 12.0. The van der Waals surface area contributed by atoms with E-state index in [9.17, 15) is 10.1 Å². The fourth-order valence-electron chi connectivity index (χ4n) is 2.01. The Morgan fingerprint density at radius 2 is 2.60 bits per heavy atom. The van der Waals surface area contributed by atoms with Crippen molar-refractivity contribution in [2.24, 2.45) is 5.92 Å². The molecule has 0 saturated carbocycles. The number of nitrogens with zero attached hydrogens (tertiary/aromatic N) is 2. The van der Waals surface area contributed by atoms with Gasteiger partial charge in [-0.25, -0.2) is 0 Å². The highest BCUT2D eigenvalue weighted by molar-refractivity contribution is 5.00. The lowest BCUT2D eigenvalue weighted by Crippen LogP contribution is -2.27. The first-order valence-corrected chi connectivity index (χ1v) is 5.17. The largest absolute Gasteiger partial charge is 0.381 e. The van der Waals surface area contributed by atoms with Crippen LogP contribution in [0.3, 0.4) is 0 Å². The molecule has 2 saturated heterocycles. The van der Waals surface area contributed by atoms with Crippen molar-refractivity contribution in [3.05, 3.63) is 22.1 Å². The number of nitrogens with one attached hydrogen (secondary N) is 1. The fourth-order valence-corrected chi connectivity index (χ4v) is 2.01. The zero-order valence-electron chi connectivity index (χ0n) is 8.52. The Morgan fingerprint density at radius 3 is 3.27 bits per heavy atom. The second kappa shape index (κ2) is 4.48. The van der Waals surface area contributed by atoms with E-state index in [1.807, 2.05) is 4.90 Å². The summed E-state index contributed by atoms with van der Waals surface area (Å²) in [5.74, 6) is 1.15. The maximum absolute atomic E-state index is 10.4. The molecule has 0 amide bonds. The van der Waals surface area contributed by atoms with E-state index in [-0.39, 0.29) is 0 Å². The van der Waals surface area contributed by atoms with Gasteiger partial charge in [0.1, 0.15) is 0 Å². The van der Waals surface area contributed by atoms with Crippen molar-refractivity contribution in [1.82, 2.24) is 10.2 Å². The minimum absolute atomic E-state index is 0.411. The Labute approximate surface area is 88.0 Å². The van der Waals surface area contributed by atoms with Crippen molar-refractivity contribution < 1.29 is 9.66 Å². The lowest BCUT2D eigenvalue weighted by atomic mass is 10.1. The van der Waals surface area contributed by atoms with Crippen LogP contribution >= 0.6 is 0 Å². The minimum atomic E-state index is -0.411. The molecule has 2 aliphatic heterocycles. The molecule has 15 heavy (non-hydrogen) atoms. The van der Waals surface area contributed by atoms with Gasteiger partial charge in [0.05, 0.1) is 11.5 Å². The third-order valence-corrected chi connectivity index (χ3v) is 2.76. The third kappa shape index (κ3) is 2.59. The monoisotopic (exact) mass is 213 g/mol. The summed E-state index contributed by atoms with van der Waals surface area (Å²) in [5.41, 5.74) is 0. The van der Waals surface area contributed by atoms with Crippen LogP contribution in [0.2, 0.25) is 0 Å². The molecule has 84 valence electrons. The standard InChI is InChI=1S/C9H15N3O3/c13-12(14)6-9-10-2-3-11(9)5-8-1-4-15-7-8/h6,8,10H,1-5,7H2/b9-6-. The first-order chi connectivity index (χ1) is 7.25. The number of hydrogen-bond acceptors (Lipinski definition) is 5. The van der Waals surface area contributed by atoms with E-state index in [0.717, 1.165) is 45.5 Å². The van der Waals surface area contributed by atoms with Crippen LogP contribution in [0.4, 0.5) is 0 Å². The lowest BCUT2D eigenvalue weighted by molar-refractivity contribution is -0.404. The van der Waals surface area contributed by atoms with Gasteiger partial charge in [0.25, 0.3) is 6.20 Å². The Balaban J connectivity index is 1.92. The van der Waals surface area contributed by atoms with Gasteiger partial charge in [-0.3, -0.25) is 10.1 Å². The average Bonchev–Trinajstić information content (AvgIpc) is 2.78. The fraction of sp³-hybridized carbons (Fsp3) is 0.778. The highest BCUT2D eigenvalue weighted by atomic mass is 16.6. The van der Waals surface area contributed by atoms with Crippen LogP contribution in [-0.4, -0.2) is 42.7 Å². The predicted molar refractivity (Wildman–Crippen MR) is 53.6 cm³/mol. The molecule has 6 nitrogen and oxygen atoms in total. The van der Waals surface area contributed by atoms with Gasteiger partial charge in [0, 0.05) is 32.2 Å². The van der Waals surface area contributed by atoms with Crippen molar-refractivity contribution >= 4 is 0 Å². The summed E-state index contributed by atoms with van der Waals surface area (Å²) in [7, 11) is 0. The van der Waals surface area contributed by atoms with Gasteiger partial charge in [-0.2, -0.15) is 0 Å². The van der Waals surface area contributed by atoms with Crippen molar-refractivity contribution in [1.29, 1.82) is 0 Å². The molecule has 0 bridgehead atoms. The molecule has 1 N–H and O–H groups in total. The quantitative estimate of drug-likeness (QED) is 0.528. The van der Waals surface area contributed by atoms with E-state index in [1.54, 1.807) is 0 Å². The Kier molecular flexibility index (Phi) is 3.05. The van der Waals surface area contributed by atoms with Crippen LogP contribution in [0.25, 0.3) is 0 Å². The summed E-state index contributed by atoms with van der Waals surface area (Å²) >= 11 is 0. The van der Waals surface area contributed by atoms with Gasteiger partial charge in [0.2, 0.25) is 0 Å². The molecular weight excluding hydrogens is 198 g/mol.